The van der Waals surface area contributed by atoms with Crippen molar-refractivity contribution >= 4 is 5.91 Å². The van der Waals surface area contributed by atoms with Gasteiger partial charge in [-0.15, -0.1) is 0 Å². The third kappa shape index (κ3) is 3.72. The molecule has 2 aromatic heterocycles. The first-order chi connectivity index (χ1) is 14.0. The van der Waals surface area contributed by atoms with Crippen LogP contribution in [0, 0.1) is 12.7 Å². The van der Waals surface area contributed by atoms with Gasteiger partial charge in [-0.25, -0.2) is 14.4 Å². The van der Waals surface area contributed by atoms with Gasteiger partial charge in [0.2, 0.25) is 5.88 Å². The van der Waals surface area contributed by atoms with E-state index in [0.717, 1.165) is 30.5 Å². The molecule has 0 radical (unpaired) electrons. The molecule has 1 fully saturated rings. The highest BCUT2D eigenvalue weighted by atomic mass is 19.1. The van der Waals surface area contributed by atoms with Crippen LogP contribution in [-0.2, 0) is 5.41 Å². The van der Waals surface area contributed by atoms with E-state index in [0.29, 0.717) is 18.1 Å². The molecule has 1 aromatic carbocycles. The molecule has 1 aliphatic rings. The molecule has 29 heavy (non-hydrogen) atoms. The van der Waals surface area contributed by atoms with Crippen LogP contribution in [0.4, 0.5) is 4.39 Å². The van der Waals surface area contributed by atoms with E-state index in [2.05, 4.69) is 15.3 Å². The van der Waals surface area contributed by atoms with Gasteiger partial charge in [0, 0.05) is 18.2 Å². The number of carbonyl (C=O) groups excluding carboxylic acids is 1. The predicted octanol–water partition coefficient (Wildman–Crippen LogP) is 3.58. The summed E-state index contributed by atoms with van der Waals surface area (Å²) in [6.07, 6.45) is 6.57. The van der Waals surface area contributed by atoms with Crippen LogP contribution in [0.15, 0.2) is 48.9 Å². The molecule has 0 unspecified atom stereocenters. The zero-order chi connectivity index (χ0) is 20.4. The number of aromatic nitrogens is 3. The van der Waals surface area contributed by atoms with Crippen molar-refractivity contribution in [2.45, 2.75) is 31.6 Å². The first-order valence-corrected chi connectivity index (χ1v) is 9.61. The number of hydrogen-bond acceptors (Lipinski definition) is 4. The third-order valence-corrected chi connectivity index (χ3v) is 5.61. The van der Waals surface area contributed by atoms with Crippen LogP contribution in [0.5, 0.6) is 5.88 Å². The van der Waals surface area contributed by atoms with Gasteiger partial charge in [-0.2, -0.15) is 0 Å². The summed E-state index contributed by atoms with van der Waals surface area (Å²) >= 11 is 0. The maximum atomic E-state index is 13.3. The number of carbonyl (C=O) groups is 1. The summed E-state index contributed by atoms with van der Waals surface area (Å²) in [5.74, 6) is -0.159. The van der Waals surface area contributed by atoms with Crippen molar-refractivity contribution in [1.82, 2.24) is 19.9 Å². The number of amides is 1. The van der Waals surface area contributed by atoms with Gasteiger partial charge in [0.1, 0.15) is 17.2 Å². The molecule has 150 valence electrons. The molecule has 2 heterocycles. The molecule has 3 aromatic rings. The van der Waals surface area contributed by atoms with E-state index in [-0.39, 0.29) is 22.8 Å². The summed E-state index contributed by atoms with van der Waals surface area (Å²) < 4.78 is 20.5. The van der Waals surface area contributed by atoms with Gasteiger partial charge in [-0.1, -0.05) is 18.6 Å². The van der Waals surface area contributed by atoms with E-state index in [9.17, 15) is 9.18 Å². The largest absolute Gasteiger partial charge is 0.479 e. The minimum Gasteiger partial charge on any atom is -0.479 e. The van der Waals surface area contributed by atoms with Crippen LogP contribution in [0.25, 0.3) is 5.69 Å². The summed E-state index contributed by atoms with van der Waals surface area (Å²) in [7, 11) is 1.52. The quantitative estimate of drug-likeness (QED) is 0.694. The Kier molecular flexibility index (Phi) is 5.05. The molecule has 0 saturated heterocycles. The molecule has 4 rings (SSSR count). The summed E-state index contributed by atoms with van der Waals surface area (Å²) in [6, 6.07) is 10.0. The second-order valence-corrected chi connectivity index (χ2v) is 7.47. The van der Waals surface area contributed by atoms with Gasteiger partial charge in [-0.05, 0) is 49.6 Å². The van der Waals surface area contributed by atoms with E-state index in [1.165, 1.54) is 19.2 Å². The minimum atomic E-state index is -0.259. The summed E-state index contributed by atoms with van der Waals surface area (Å²) in [6.45, 7) is 2.39. The fourth-order valence-corrected chi connectivity index (χ4v) is 3.77. The van der Waals surface area contributed by atoms with E-state index in [1.54, 1.807) is 23.0 Å². The molecule has 1 amide bonds. The Morgan fingerprint density at radius 3 is 2.59 bits per heavy atom. The minimum absolute atomic E-state index is 0.137. The van der Waals surface area contributed by atoms with Crippen LogP contribution >= 0.6 is 0 Å². The normalized spacial score (nSPS) is 14.9. The van der Waals surface area contributed by atoms with Gasteiger partial charge in [0.25, 0.3) is 5.91 Å². The number of halogens is 1. The van der Waals surface area contributed by atoms with Crippen LogP contribution in [0.2, 0.25) is 0 Å². The van der Waals surface area contributed by atoms with Crippen LogP contribution in [-0.4, -0.2) is 34.1 Å². The standard InChI is InChI=1S/C22H23FN4O2/c1-15-12-27(14-25-15)19-9-8-18(26-21(19)29-2)20(28)24-13-22(10-3-11-22)16-4-6-17(23)7-5-16/h4-9,12,14H,3,10-11,13H2,1-2H3,(H,24,28). The monoisotopic (exact) mass is 394 g/mol. The van der Waals surface area contributed by atoms with Gasteiger partial charge in [0.15, 0.2) is 0 Å². The van der Waals surface area contributed by atoms with Gasteiger partial charge in [-0.3, -0.25) is 4.79 Å². The highest BCUT2D eigenvalue weighted by Crippen LogP contribution is 2.43. The number of ether oxygens (including phenoxy) is 1. The Balaban J connectivity index is 1.50. The SMILES string of the molecule is COc1nc(C(=O)NCC2(c3ccc(F)cc3)CCC2)ccc1-n1cnc(C)c1. The Labute approximate surface area is 168 Å². The number of nitrogens with zero attached hydrogens (tertiary/aromatic N) is 3. The van der Waals surface area contributed by atoms with Crippen molar-refractivity contribution in [3.05, 3.63) is 71.7 Å². The molecule has 0 aliphatic heterocycles. The first-order valence-electron chi connectivity index (χ1n) is 9.61. The number of nitrogens with one attached hydrogen (secondary N) is 1. The maximum Gasteiger partial charge on any atom is 0.270 e. The number of imidazole rings is 1. The second kappa shape index (κ2) is 7.66. The van der Waals surface area contributed by atoms with Crippen molar-refractivity contribution in [1.29, 1.82) is 0 Å². The molecular weight excluding hydrogens is 371 g/mol. The number of rotatable bonds is 6. The summed E-state index contributed by atoms with van der Waals surface area (Å²) in [5.41, 5.74) is 2.80. The second-order valence-electron chi connectivity index (χ2n) is 7.47. The molecule has 1 saturated carbocycles. The van der Waals surface area contributed by atoms with Crippen LogP contribution < -0.4 is 10.1 Å². The molecule has 1 aliphatic carbocycles. The van der Waals surface area contributed by atoms with Crippen LogP contribution in [0.3, 0.4) is 0 Å². The highest BCUT2D eigenvalue weighted by Gasteiger charge is 2.39. The maximum absolute atomic E-state index is 13.3. The smallest absolute Gasteiger partial charge is 0.270 e. The van der Waals surface area contributed by atoms with Crippen LogP contribution in [0.1, 0.15) is 41.0 Å². The topological polar surface area (TPSA) is 69.0 Å². The third-order valence-electron chi connectivity index (χ3n) is 5.61. The van der Waals surface area contributed by atoms with Gasteiger partial charge in [0.05, 0.1) is 19.1 Å². The molecule has 0 bridgehead atoms. The van der Waals surface area contributed by atoms with E-state index >= 15 is 0 Å². The number of methoxy groups -OCH3 is 1. The Morgan fingerprint density at radius 2 is 2.00 bits per heavy atom. The highest BCUT2D eigenvalue weighted by molar-refractivity contribution is 5.92. The van der Waals surface area contributed by atoms with Crippen molar-refractivity contribution < 1.29 is 13.9 Å². The summed E-state index contributed by atoms with van der Waals surface area (Å²) in [4.78, 5) is 21.3. The average Bonchev–Trinajstić information content (AvgIpc) is 3.13. The predicted molar refractivity (Wildman–Crippen MR) is 107 cm³/mol. The fourth-order valence-electron chi connectivity index (χ4n) is 3.77. The lowest BCUT2D eigenvalue weighted by molar-refractivity contribution is 0.0922. The number of aryl methyl sites for hydroxylation is 1. The number of benzene rings is 1. The van der Waals surface area contributed by atoms with E-state index in [1.807, 2.05) is 25.3 Å². The lowest BCUT2D eigenvalue weighted by Gasteiger charge is -2.42. The zero-order valence-electron chi connectivity index (χ0n) is 16.5. The average molecular weight is 394 g/mol. The summed E-state index contributed by atoms with van der Waals surface area (Å²) in [5, 5.41) is 3.00. The van der Waals surface area contributed by atoms with Crippen molar-refractivity contribution in [3.8, 4) is 11.6 Å². The fraction of sp³-hybridized carbons (Fsp3) is 0.318. The van der Waals surface area contributed by atoms with E-state index < -0.39 is 0 Å². The Bertz CT molecular complexity index is 1030. The van der Waals surface area contributed by atoms with E-state index in [4.69, 9.17) is 4.74 Å². The van der Waals surface area contributed by atoms with Crippen molar-refractivity contribution in [3.63, 3.8) is 0 Å². The zero-order valence-corrected chi connectivity index (χ0v) is 16.5. The first kappa shape index (κ1) is 19.1. The van der Waals surface area contributed by atoms with Gasteiger partial charge < -0.3 is 14.6 Å². The molecule has 7 heteroatoms. The number of pyridine rings is 1. The molecule has 0 spiro atoms. The molecule has 0 atom stereocenters. The van der Waals surface area contributed by atoms with Gasteiger partial charge >= 0.3 is 0 Å². The van der Waals surface area contributed by atoms with Crippen molar-refractivity contribution in [2.75, 3.05) is 13.7 Å². The lowest BCUT2D eigenvalue weighted by atomic mass is 9.64. The van der Waals surface area contributed by atoms with Crippen molar-refractivity contribution in [2.24, 2.45) is 0 Å². The molecule has 6 nitrogen and oxygen atoms in total. The Morgan fingerprint density at radius 1 is 1.24 bits per heavy atom. The lowest BCUT2D eigenvalue weighted by Crippen LogP contribution is -2.45. The molecule has 1 N–H and O–H groups in total. The number of hydrogen-bond donors (Lipinski definition) is 1. The Hall–Kier alpha value is -3.22. The molecular formula is C22H23FN4O2.